The Morgan fingerprint density at radius 1 is 1.25 bits per heavy atom. The minimum absolute atomic E-state index is 0.239. The molecule has 2 atom stereocenters. The van der Waals surface area contributed by atoms with Crippen molar-refractivity contribution < 1.29 is 8.42 Å². The van der Waals surface area contributed by atoms with E-state index in [2.05, 4.69) is 12.2 Å². The zero-order chi connectivity index (χ0) is 14.2. The van der Waals surface area contributed by atoms with Gasteiger partial charge >= 0.3 is 0 Å². The summed E-state index contributed by atoms with van der Waals surface area (Å²) >= 11 is 0. The molecule has 0 aromatic heterocycles. The van der Waals surface area contributed by atoms with E-state index in [1.54, 1.807) is 16.4 Å². The van der Waals surface area contributed by atoms with E-state index >= 15 is 0 Å². The Hall–Kier alpha value is -1.07. The fourth-order valence-electron chi connectivity index (χ4n) is 3.32. The predicted octanol–water partition coefficient (Wildman–Crippen LogP) is 2.68. The summed E-state index contributed by atoms with van der Waals surface area (Å²) in [6.07, 6.45) is 4.32. The molecule has 1 saturated heterocycles. The molecule has 20 heavy (non-hydrogen) atoms. The van der Waals surface area contributed by atoms with E-state index in [-0.39, 0.29) is 6.04 Å². The fourth-order valence-corrected chi connectivity index (χ4v) is 5.07. The van der Waals surface area contributed by atoms with Gasteiger partial charge in [-0.25, -0.2) is 8.42 Å². The van der Waals surface area contributed by atoms with Crippen LogP contribution in [0.1, 0.15) is 32.6 Å². The summed E-state index contributed by atoms with van der Waals surface area (Å²) in [6, 6.07) is 7.40. The lowest BCUT2D eigenvalue weighted by Crippen LogP contribution is -2.37. The molecule has 0 amide bonds. The zero-order valence-electron chi connectivity index (χ0n) is 11.9. The van der Waals surface area contributed by atoms with Crippen molar-refractivity contribution in [2.24, 2.45) is 5.92 Å². The summed E-state index contributed by atoms with van der Waals surface area (Å²) in [4.78, 5) is 0.423. The van der Waals surface area contributed by atoms with E-state index in [0.717, 1.165) is 31.5 Å². The number of hydrogen-bond acceptors (Lipinski definition) is 3. The maximum Gasteiger partial charge on any atom is 0.243 e. The molecule has 1 N–H and O–H groups in total. The monoisotopic (exact) mass is 294 g/mol. The average Bonchev–Trinajstić information content (AvgIpc) is 3.08. The quantitative estimate of drug-likeness (QED) is 0.908. The Bertz CT molecular complexity index is 568. The number of nitrogens with zero attached hydrogens (tertiary/aromatic N) is 1. The maximum absolute atomic E-state index is 12.7. The Labute approximate surface area is 121 Å². The molecule has 4 nitrogen and oxygen atoms in total. The van der Waals surface area contributed by atoms with Crippen molar-refractivity contribution in [1.82, 2.24) is 4.31 Å². The second-order valence-corrected chi connectivity index (χ2v) is 7.75. The van der Waals surface area contributed by atoms with Gasteiger partial charge in [-0.05, 0) is 55.9 Å². The molecule has 5 heteroatoms. The zero-order valence-corrected chi connectivity index (χ0v) is 12.7. The second kappa shape index (κ2) is 5.37. The third-order valence-electron chi connectivity index (χ3n) is 4.40. The lowest BCUT2D eigenvalue weighted by Gasteiger charge is -2.26. The number of sulfonamides is 1. The van der Waals surface area contributed by atoms with E-state index in [9.17, 15) is 8.42 Å². The highest BCUT2D eigenvalue weighted by atomic mass is 32.2. The molecule has 1 saturated carbocycles. The first-order valence-electron chi connectivity index (χ1n) is 7.47. The molecule has 0 radical (unpaired) electrons. The van der Waals surface area contributed by atoms with Crippen LogP contribution in [0.25, 0.3) is 0 Å². The smallest absolute Gasteiger partial charge is 0.243 e. The van der Waals surface area contributed by atoms with Crippen LogP contribution in [-0.2, 0) is 10.0 Å². The number of anilines is 1. The highest BCUT2D eigenvalue weighted by molar-refractivity contribution is 7.89. The molecule has 1 aliphatic carbocycles. The van der Waals surface area contributed by atoms with Crippen LogP contribution in [0.15, 0.2) is 29.2 Å². The first-order valence-corrected chi connectivity index (χ1v) is 8.91. The Balaban J connectivity index is 1.77. The summed E-state index contributed by atoms with van der Waals surface area (Å²) in [5, 5.41) is 3.26. The van der Waals surface area contributed by atoms with E-state index in [4.69, 9.17) is 0 Å². The largest absolute Gasteiger partial charge is 0.385 e. The van der Waals surface area contributed by atoms with Crippen LogP contribution in [0.2, 0.25) is 0 Å². The molecule has 110 valence electrons. The lowest BCUT2D eigenvalue weighted by molar-refractivity contribution is 0.333. The van der Waals surface area contributed by atoms with Gasteiger partial charge in [-0.15, -0.1) is 0 Å². The van der Waals surface area contributed by atoms with Crippen molar-refractivity contribution in [2.75, 3.05) is 18.4 Å². The molecule has 2 aliphatic rings. The van der Waals surface area contributed by atoms with E-state index < -0.39 is 10.0 Å². The molecule has 1 aliphatic heterocycles. The van der Waals surface area contributed by atoms with Gasteiger partial charge in [0, 0.05) is 24.8 Å². The predicted molar refractivity (Wildman–Crippen MR) is 80.2 cm³/mol. The van der Waals surface area contributed by atoms with Gasteiger partial charge in [0.2, 0.25) is 10.0 Å². The Morgan fingerprint density at radius 2 is 2.00 bits per heavy atom. The molecule has 2 unspecified atom stereocenters. The molecule has 0 spiro atoms. The summed E-state index contributed by atoms with van der Waals surface area (Å²) in [5.74, 6) is 0.584. The van der Waals surface area contributed by atoms with Gasteiger partial charge in [0.05, 0.1) is 4.90 Å². The number of nitrogens with one attached hydrogen (secondary N) is 1. The van der Waals surface area contributed by atoms with Crippen LogP contribution >= 0.6 is 0 Å². The van der Waals surface area contributed by atoms with Gasteiger partial charge in [-0.3, -0.25) is 0 Å². The standard InChI is InChI=1S/C15H22N2O2S/c1-2-9-16-13-4-7-15(8-5-13)20(18,19)17-11-12-3-6-14(17)10-12/h4-5,7-8,12,14,16H,2-3,6,9-11H2,1H3. The van der Waals surface area contributed by atoms with Crippen LogP contribution in [0.3, 0.4) is 0 Å². The normalized spacial score (nSPS) is 26.1. The van der Waals surface area contributed by atoms with Crippen LogP contribution in [-0.4, -0.2) is 31.9 Å². The van der Waals surface area contributed by atoms with Crippen molar-refractivity contribution in [3.63, 3.8) is 0 Å². The fraction of sp³-hybridized carbons (Fsp3) is 0.600. The molecule has 1 heterocycles. The maximum atomic E-state index is 12.7. The summed E-state index contributed by atoms with van der Waals surface area (Å²) < 4.78 is 27.0. The number of hydrogen-bond donors (Lipinski definition) is 1. The van der Waals surface area contributed by atoms with E-state index in [1.165, 1.54) is 6.42 Å². The van der Waals surface area contributed by atoms with Crippen molar-refractivity contribution in [2.45, 2.75) is 43.5 Å². The van der Waals surface area contributed by atoms with Crippen LogP contribution in [0.4, 0.5) is 5.69 Å². The molecule has 1 aromatic carbocycles. The van der Waals surface area contributed by atoms with E-state index in [0.29, 0.717) is 17.4 Å². The minimum atomic E-state index is -3.30. The molecular formula is C15H22N2O2S. The Kier molecular flexibility index (Phi) is 3.73. The van der Waals surface area contributed by atoms with Gasteiger partial charge in [0.25, 0.3) is 0 Å². The van der Waals surface area contributed by atoms with Gasteiger partial charge in [-0.1, -0.05) is 6.92 Å². The average molecular weight is 294 g/mol. The minimum Gasteiger partial charge on any atom is -0.385 e. The van der Waals surface area contributed by atoms with Crippen LogP contribution in [0.5, 0.6) is 0 Å². The molecule has 3 rings (SSSR count). The third kappa shape index (κ3) is 2.44. The number of rotatable bonds is 5. The highest BCUT2D eigenvalue weighted by Crippen LogP contribution is 2.40. The number of fused-ring (bicyclic) bond motifs is 2. The van der Waals surface area contributed by atoms with Crippen molar-refractivity contribution in [1.29, 1.82) is 0 Å². The van der Waals surface area contributed by atoms with Gasteiger partial charge in [0.1, 0.15) is 0 Å². The Morgan fingerprint density at radius 3 is 2.55 bits per heavy atom. The molecule has 2 bridgehead atoms. The van der Waals surface area contributed by atoms with Crippen LogP contribution < -0.4 is 5.32 Å². The summed E-state index contributed by atoms with van der Waals surface area (Å²) in [5.41, 5.74) is 0.980. The topological polar surface area (TPSA) is 49.4 Å². The highest BCUT2D eigenvalue weighted by Gasteiger charge is 2.44. The number of benzene rings is 1. The van der Waals surface area contributed by atoms with Gasteiger partial charge < -0.3 is 5.32 Å². The first-order chi connectivity index (χ1) is 9.61. The van der Waals surface area contributed by atoms with Crippen molar-refractivity contribution in [3.05, 3.63) is 24.3 Å². The molecule has 1 aromatic rings. The molecular weight excluding hydrogens is 272 g/mol. The summed E-state index contributed by atoms with van der Waals surface area (Å²) in [7, 11) is -3.30. The van der Waals surface area contributed by atoms with Gasteiger partial charge in [-0.2, -0.15) is 4.31 Å². The third-order valence-corrected chi connectivity index (χ3v) is 6.33. The van der Waals surface area contributed by atoms with Crippen LogP contribution in [0, 0.1) is 5.92 Å². The summed E-state index contributed by atoms with van der Waals surface area (Å²) in [6.45, 7) is 3.72. The van der Waals surface area contributed by atoms with Crippen molar-refractivity contribution in [3.8, 4) is 0 Å². The van der Waals surface area contributed by atoms with Crippen molar-refractivity contribution >= 4 is 15.7 Å². The lowest BCUT2D eigenvalue weighted by atomic mass is 10.1. The number of piperidine rings is 1. The molecule has 2 fully saturated rings. The van der Waals surface area contributed by atoms with Gasteiger partial charge in [0.15, 0.2) is 0 Å². The first kappa shape index (κ1) is 13.9. The second-order valence-electron chi connectivity index (χ2n) is 5.86. The SMILES string of the molecule is CCCNc1ccc(S(=O)(=O)N2CC3CCC2C3)cc1. The van der Waals surface area contributed by atoms with E-state index in [1.807, 2.05) is 12.1 Å².